The summed E-state index contributed by atoms with van der Waals surface area (Å²) < 4.78 is 5.25. The highest BCUT2D eigenvalue weighted by Crippen LogP contribution is 2.14. The van der Waals surface area contributed by atoms with Crippen LogP contribution in [-0.4, -0.2) is 20.9 Å². The van der Waals surface area contributed by atoms with Crippen molar-refractivity contribution in [1.82, 2.24) is 14.3 Å². The zero-order valence-corrected chi connectivity index (χ0v) is 13.7. The number of aromatic nitrogens is 3. The van der Waals surface area contributed by atoms with Gasteiger partial charge in [0, 0.05) is 24.9 Å². The van der Waals surface area contributed by atoms with Crippen LogP contribution in [0.3, 0.4) is 0 Å². The number of hydrogen-bond acceptors (Lipinski definition) is 2. The van der Waals surface area contributed by atoms with Gasteiger partial charge in [0.2, 0.25) is 4.77 Å². The lowest BCUT2D eigenvalue weighted by Gasteiger charge is -2.25. The first-order valence-electron chi connectivity index (χ1n) is 8.38. The van der Waals surface area contributed by atoms with E-state index in [4.69, 9.17) is 17.3 Å². The fourth-order valence-corrected chi connectivity index (χ4v) is 4.02. The molecule has 1 aromatic heterocycles. The fraction of sp³-hybridized carbons (Fsp3) is 0.529. The molecule has 0 spiro atoms. The minimum Gasteiger partial charge on any atom is -0.312 e. The van der Waals surface area contributed by atoms with Gasteiger partial charge in [-0.2, -0.15) is 9.78 Å². The van der Waals surface area contributed by atoms with Crippen molar-refractivity contribution in [3.8, 4) is 0 Å². The van der Waals surface area contributed by atoms with E-state index in [1.54, 1.807) is 4.90 Å². The average molecular weight is 315 g/mol. The quantitative estimate of drug-likeness (QED) is 0.855. The molecule has 1 aromatic carbocycles. The van der Waals surface area contributed by atoms with Gasteiger partial charge in [0.05, 0.1) is 6.54 Å². The van der Waals surface area contributed by atoms with Crippen LogP contribution in [-0.2, 0) is 32.6 Å². The summed E-state index contributed by atoms with van der Waals surface area (Å²) in [4.78, 5) is 1.56. The summed E-state index contributed by atoms with van der Waals surface area (Å²) >= 11 is 5.67. The predicted molar refractivity (Wildman–Crippen MR) is 88.3 cm³/mol. The SMILES string of the molecule is S=c1n(C[NH+]2CCc3ccccc3C2)nc2n1CCCCC2. The fourth-order valence-electron chi connectivity index (χ4n) is 3.72. The van der Waals surface area contributed by atoms with E-state index in [9.17, 15) is 0 Å². The van der Waals surface area contributed by atoms with E-state index < -0.39 is 0 Å². The van der Waals surface area contributed by atoms with Crippen molar-refractivity contribution in [2.45, 2.75) is 51.9 Å². The maximum Gasteiger partial charge on any atom is 0.202 e. The molecule has 2 aromatic rings. The molecular formula is C17H23N4S+. The number of hydrogen-bond donors (Lipinski definition) is 1. The molecule has 0 radical (unpaired) electrons. The molecule has 116 valence electrons. The number of nitrogens with zero attached hydrogens (tertiary/aromatic N) is 3. The Hall–Kier alpha value is -1.46. The average Bonchev–Trinajstić information content (AvgIpc) is 2.72. The van der Waals surface area contributed by atoms with Crippen LogP contribution < -0.4 is 4.90 Å². The first-order valence-corrected chi connectivity index (χ1v) is 8.79. The van der Waals surface area contributed by atoms with Gasteiger partial charge < -0.3 is 9.47 Å². The van der Waals surface area contributed by atoms with Gasteiger partial charge in [-0.3, -0.25) is 0 Å². The molecule has 22 heavy (non-hydrogen) atoms. The molecule has 3 heterocycles. The zero-order chi connectivity index (χ0) is 14.9. The molecule has 2 aliphatic heterocycles. The number of aryl methyl sites for hydroxylation is 1. The second kappa shape index (κ2) is 5.97. The van der Waals surface area contributed by atoms with Crippen molar-refractivity contribution in [3.05, 3.63) is 46.0 Å². The Balaban J connectivity index is 1.54. The maximum atomic E-state index is 5.67. The molecule has 0 amide bonds. The molecule has 5 heteroatoms. The first-order chi connectivity index (χ1) is 10.8. The van der Waals surface area contributed by atoms with Crippen molar-refractivity contribution in [3.63, 3.8) is 0 Å². The number of quaternary nitrogens is 1. The molecule has 0 bridgehead atoms. The van der Waals surface area contributed by atoms with Gasteiger partial charge in [0.25, 0.3) is 0 Å². The van der Waals surface area contributed by atoms with Gasteiger partial charge in [-0.1, -0.05) is 30.7 Å². The summed E-state index contributed by atoms with van der Waals surface area (Å²) in [5, 5.41) is 4.82. The Morgan fingerprint density at radius 2 is 1.95 bits per heavy atom. The number of fused-ring (bicyclic) bond motifs is 2. The van der Waals surface area contributed by atoms with E-state index in [1.807, 2.05) is 0 Å². The highest BCUT2D eigenvalue weighted by atomic mass is 32.1. The predicted octanol–water partition coefficient (Wildman–Crippen LogP) is 1.74. The van der Waals surface area contributed by atoms with Crippen molar-refractivity contribution in [2.24, 2.45) is 0 Å². The highest BCUT2D eigenvalue weighted by molar-refractivity contribution is 7.71. The Kier molecular flexibility index (Phi) is 3.84. The van der Waals surface area contributed by atoms with E-state index in [2.05, 4.69) is 33.5 Å². The molecule has 4 rings (SSSR count). The summed E-state index contributed by atoms with van der Waals surface area (Å²) in [6, 6.07) is 8.81. The van der Waals surface area contributed by atoms with Crippen molar-refractivity contribution in [1.29, 1.82) is 0 Å². The van der Waals surface area contributed by atoms with Crippen LogP contribution >= 0.6 is 12.2 Å². The Morgan fingerprint density at radius 1 is 1.09 bits per heavy atom. The number of rotatable bonds is 2. The van der Waals surface area contributed by atoms with Gasteiger partial charge in [-0.25, -0.2) is 0 Å². The highest BCUT2D eigenvalue weighted by Gasteiger charge is 2.21. The van der Waals surface area contributed by atoms with Gasteiger partial charge >= 0.3 is 0 Å². The molecular weight excluding hydrogens is 292 g/mol. The minimum absolute atomic E-state index is 0.896. The Bertz CT molecular complexity index is 731. The molecule has 1 atom stereocenters. The van der Waals surface area contributed by atoms with Crippen molar-refractivity contribution < 1.29 is 4.90 Å². The van der Waals surface area contributed by atoms with Crippen LogP contribution in [0.25, 0.3) is 0 Å². The smallest absolute Gasteiger partial charge is 0.202 e. The molecule has 1 N–H and O–H groups in total. The summed E-state index contributed by atoms with van der Waals surface area (Å²) in [5.41, 5.74) is 2.99. The second-order valence-electron chi connectivity index (χ2n) is 6.51. The maximum absolute atomic E-state index is 5.67. The largest absolute Gasteiger partial charge is 0.312 e. The van der Waals surface area contributed by atoms with E-state index in [0.717, 1.165) is 37.4 Å². The van der Waals surface area contributed by atoms with Gasteiger partial charge in [-0.15, -0.1) is 0 Å². The number of benzene rings is 1. The van der Waals surface area contributed by atoms with Crippen LogP contribution in [0.5, 0.6) is 0 Å². The monoisotopic (exact) mass is 315 g/mol. The third-order valence-corrected chi connectivity index (χ3v) is 5.39. The van der Waals surface area contributed by atoms with E-state index in [-0.39, 0.29) is 0 Å². The summed E-state index contributed by atoms with van der Waals surface area (Å²) in [6.07, 6.45) is 6.01. The zero-order valence-electron chi connectivity index (χ0n) is 12.9. The van der Waals surface area contributed by atoms with Gasteiger partial charge in [0.1, 0.15) is 12.4 Å². The molecule has 0 saturated heterocycles. The topological polar surface area (TPSA) is 27.2 Å². The standard InChI is InChI=1S/C17H22N4S/c22-17-20-10-5-1-2-8-16(20)18-21(17)13-19-11-9-14-6-3-4-7-15(14)12-19/h3-4,6-7H,1-2,5,8-13H2/p+1. The van der Waals surface area contributed by atoms with E-state index >= 15 is 0 Å². The van der Waals surface area contributed by atoms with Crippen LogP contribution in [0.2, 0.25) is 0 Å². The normalized spacial score (nSPS) is 21.0. The van der Waals surface area contributed by atoms with E-state index in [1.165, 1.54) is 42.8 Å². The lowest BCUT2D eigenvalue weighted by Crippen LogP contribution is -3.11. The molecule has 0 fully saturated rings. The molecule has 1 unspecified atom stereocenters. The third-order valence-electron chi connectivity index (χ3n) is 4.96. The molecule has 2 aliphatic rings. The lowest BCUT2D eigenvalue weighted by molar-refractivity contribution is -0.939. The van der Waals surface area contributed by atoms with Crippen LogP contribution in [0.4, 0.5) is 0 Å². The lowest BCUT2D eigenvalue weighted by atomic mass is 10.0. The van der Waals surface area contributed by atoms with E-state index in [0.29, 0.717) is 0 Å². The molecule has 4 nitrogen and oxygen atoms in total. The third kappa shape index (κ3) is 2.63. The minimum atomic E-state index is 0.896. The van der Waals surface area contributed by atoms with Crippen molar-refractivity contribution in [2.75, 3.05) is 6.54 Å². The van der Waals surface area contributed by atoms with Crippen molar-refractivity contribution >= 4 is 12.2 Å². The first kappa shape index (κ1) is 14.2. The van der Waals surface area contributed by atoms with Crippen LogP contribution in [0, 0.1) is 4.77 Å². The summed E-state index contributed by atoms with van der Waals surface area (Å²) in [6.45, 7) is 4.20. The second-order valence-corrected chi connectivity index (χ2v) is 6.88. The number of nitrogens with one attached hydrogen (secondary N) is 1. The molecule has 0 aliphatic carbocycles. The summed E-state index contributed by atoms with van der Waals surface area (Å²) in [5.74, 6) is 1.19. The summed E-state index contributed by atoms with van der Waals surface area (Å²) in [7, 11) is 0. The van der Waals surface area contributed by atoms with Gasteiger partial charge in [-0.05, 0) is 30.6 Å². The van der Waals surface area contributed by atoms with Gasteiger partial charge in [0.15, 0.2) is 6.67 Å². The Morgan fingerprint density at radius 3 is 2.86 bits per heavy atom. The Labute approximate surface area is 136 Å². The van der Waals surface area contributed by atoms with Crippen LogP contribution in [0.15, 0.2) is 24.3 Å². The van der Waals surface area contributed by atoms with Crippen LogP contribution in [0.1, 0.15) is 36.2 Å². The molecule has 0 saturated carbocycles.